The third-order valence-corrected chi connectivity index (χ3v) is 7.84. The number of nitrogens with zero attached hydrogens (tertiary/aromatic N) is 3. The van der Waals surface area contributed by atoms with Gasteiger partial charge in [-0.3, -0.25) is 18.7 Å². The van der Waals surface area contributed by atoms with Gasteiger partial charge in [0.25, 0.3) is 5.56 Å². The molecule has 33 heavy (non-hydrogen) atoms. The SMILES string of the molecule is CC(C)C(O)C(=O)NC1CCC(n2c(=O)c3cc(F)cnc3n(C3CCSCC3)c2=O)CC1. The summed E-state index contributed by atoms with van der Waals surface area (Å²) in [5, 5.41) is 13.0. The number of carbonyl (C=O) groups is 1. The van der Waals surface area contributed by atoms with Crippen LogP contribution in [0.15, 0.2) is 21.9 Å². The van der Waals surface area contributed by atoms with E-state index in [9.17, 15) is 23.9 Å². The number of carbonyl (C=O) groups excluding carboxylic acids is 1. The lowest BCUT2D eigenvalue weighted by molar-refractivity contribution is -0.132. The summed E-state index contributed by atoms with van der Waals surface area (Å²) in [6.07, 6.45) is 3.84. The van der Waals surface area contributed by atoms with Gasteiger partial charge in [0.05, 0.1) is 11.6 Å². The van der Waals surface area contributed by atoms with Gasteiger partial charge < -0.3 is 10.4 Å². The number of aromatic nitrogens is 3. The fourth-order valence-corrected chi connectivity index (χ4v) is 5.95. The monoisotopic (exact) mass is 478 g/mol. The topological polar surface area (TPSA) is 106 Å². The number of aliphatic hydroxyl groups is 1. The predicted molar refractivity (Wildman–Crippen MR) is 126 cm³/mol. The second kappa shape index (κ2) is 9.97. The van der Waals surface area contributed by atoms with E-state index in [1.165, 1.54) is 10.6 Å². The smallest absolute Gasteiger partial charge is 0.333 e. The molecule has 1 amide bonds. The molecule has 180 valence electrons. The molecular formula is C23H31FN4O4S. The Morgan fingerprint density at radius 3 is 2.39 bits per heavy atom. The first-order chi connectivity index (χ1) is 15.8. The van der Waals surface area contributed by atoms with E-state index in [2.05, 4.69) is 10.3 Å². The Hall–Kier alpha value is -2.20. The van der Waals surface area contributed by atoms with Crippen molar-refractivity contribution in [2.24, 2.45) is 5.92 Å². The highest BCUT2D eigenvalue weighted by atomic mass is 32.2. The molecule has 0 spiro atoms. The summed E-state index contributed by atoms with van der Waals surface area (Å²) in [5.41, 5.74) is -0.638. The molecule has 0 radical (unpaired) electrons. The van der Waals surface area contributed by atoms with Crippen molar-refractivity contribution >= 4 is 28.7 Å². The van der Waals surface area contributed by atoms with Gasteiger partial charge in [0.15, 0.2) is 0 Å². The molecule has 1 aliphatic carbocycles. The minimum atomic E-state index is -1.06. The maximum Gasteiger partial charge on any atom is 0.333 e. The van der Waals surface area contributed by atoms with Crippen molar-refractivity contribution in [1.82, 2.24) is 19.4 Å². The maximum absolute atomic E-state index is 14.0. The highest BCUT2D eigenvalue weighted by Gasteiger charge is 2.30. The van der Waals surface area contributed by atoms with E-state index in [4.69, 9.17) is 0 Å². The van der Waals surface area contributed by atoms with Gasteiger partial charge >= 0.3 is 5.69 Å². The van der Waals surface area contributed by atoms with Crippen molar-refractivity contribution in [1.29, 1.82) is 0 Å². The maximum atomic E-state index is 14.0. The standard InChI is InChI=1S/C23H31FN4O4S/c1-13(2)19(29)21(30)26-15-3-5-16(6-4-15)28-22(31)18-11-14(24)12-25-20(18)27(23(28)32)17-7-9-33-10-8-17/h11-13,15-17,19,29H,3-10H2,1-2H3,(H,26,30). The summed E-state index contributed by atoms with van der Waals surface area (Å²) in [4.78, 5) is 43.2. The van der Waals surface area contributed by atoms with E-state index in [-0.39, 0.29) is 40.8 Å². The molecule has 2 aromatic heterocycles. The molecule has 2 aromatic rings. The Balaban J connectivity index is 1.64. The first-order valence-corrected chi connectivity index (χ1v) is 12.8. The Morgan fingerprint density at radius 2 is 1.76 bits per heavy atom. The second-order valence-electron chi connectivity index (χ2n) is 9.40. The Labute approximate surface area is 195 Å². The van der Waals surface area contributed by atoms with Gasteiger partial charge in [-0.15, -0.1) is 0 Å². The Bertz CT molecular complexity index is 1130. The number of aliphatic hydroxyl groups excluding tert-OH is 1. The molecule has 0 bridgehead atoms. The van der Waals surface area contributed by atoms with Crippen LogP contribution in [0.2, 0.25) is 0 Å². The van der Waals surface area contributed by atoms with Gasteiger partial charge in [-0.25, -0.2) is 14.2 Å². The summed E-state index contributed by atoms with van der Waals surface area (Å²) in [7, 11) is 0. The van der Waals surface area contributed by atoms with Crippen LogP contribution in [0.25, 0.3) is 11.0 Å². The van der Waals surface area contributed by atoms with Gasteiger partial charge in [0.1, 0.15) is 17.6 Å². The van der Waals surface area contributed by atoms with Crippen LogP contribution in [0, 0.1) is 11.7 Å². The summed E-state index contributed by atoms with van der Waals surface area (Å²) in [6, 6.07) is 0.660. The van der Waals surface area contributed by atoms with Crippen LogP contribution in [-0.2, 0) is 4.79 Å². The number of nitrogens with one attached hydrogen (secondary N) is 1. The number of pyridine rings is 1. The van der Waals surface area contributed by atoms with Gasteiger partial charge in [0.2, 0.25) is 5.91 Å². The van der Waals surface area contributed by atoms with E-state index in [1.807, 2.05) is 11.8 Å². The molecule has 2 aliphatic rings. The predicted octanol–water partition coefficient (Wildman–Crippen LogP) is 2.38. The van der Waals surface area contributed by atoms with Crippen molar-refractivity contribution in [3.63, 3.8) is 0 Å². The van der Waals surface area contributed by atoms with Gasteiger partial charge in [-0.1, -0.05) is 13.8 Å². The van der Waals surface area contributed by atoms with Crippen LogP contribution >= 0.6 is 11.8 Å². The molecule has 10 heteroatoms. The molecule has 8 nitrogen and oxygen atoms in total. The third kappa shape index (κ3) is 4.87. The van der Waals surface area contributed by atoms with Crippen molar-refractivity contribution in [2.75, 3.05) is 11.5 Å². The van der Waals surface area contributed by atoms with Crippen LogP contribution in [0.5, 0.6) is 0 Å². The zero-order valence-electron chi connectivity index (χ0n) is 19.0. The van der Waals surface area contributed by atoms with E-state index < -0.39 is 23.4 Å². The number of hydrogen-bond acceptors (Lipinski definition) is 6. The van der Waals surface area contributed by atoms with E-state index in [0.717, 1.165) is 30.5 Å². The van der Waals surface area contributed by atoms with E-state index in [1.54, 1.807) is 18.4 Å². The molecule has 2 N–H and O–H groups in total. The molecule has 4 rings (SSSR count). The average Bonchev–Trinajstić information content (AvgIpc) is 2.81. The summed E-state index contributed by atoms with van der Waals surface area (Å²) < 4.78 is 16.9. The van der Waals surface area contributed by atoms with Gasteiger partial charge in [0, 0.05) is 18.1 Å². The Morgan fingerprint density at radius 1 is 1.12 bits per heavy atom. The van der Waals surface area contributed by atoms with Crippen LogP contribution in [0.1, 0.15) is 64.5 Å². The largest absolute Gasteiger partial charge is 0.383 e. The molecule has 1 unspecified atom stereocenters. The molecule has 0 aromatic carbocycles. The van der Waals surface area contributed by atoms with Gasteiger partial charge in [-0.2, -0.15) is 11.8 Å². The highest BCUT2D eigenvalue weighted by Crippen LogP contribution is 2.30. The van der Waals surface area contributed by atoms with E-state index >= 15 is 0 Å². The fraction of sp³-hybridized carbons (Fsp3) is 0.652. The third-order valence-electron chi connectivity index (χ3n) is 6.79. The first-order valence-electron chi connectivity index (χ1n) is 11.7. The number of rotatable bonds is 5. The lowest BCUT2D eigenvalue weighted by Crippen LogP contribution is -2.48. The molecule has 3 heterocycles. The van der Waals surface area contributed by atoms with Crippen molar-refractivity contribution in [3.05, 3.63) is 38.9 Å². The second-order valence-corrected chi connectivity index (χ2v) is 10.6. The lowest BCUT2D eigenvalue weighted by atomic mass is 9.90. The van der Waals surface area contributed by atoms with Crippen LogP contribution in [-0.4, -0.2) is 48.8 Å². The minimum absolute atomic E-state index is 0.0702. The van der Waals surface area contributed by atoms with Crippen LogP contribution < -0.4 is 16.6 Å². The summed E-state index contributed by atoms with van der Waals surface area (Å²) in [5.74, 6) is 0.669. The minimum Gasteiger partial charge on any atom is -0.383 e. The van der Waals surface area contributed by atoms with Gasteiger partial charge in [-0.05, 0) is 62.0 Å². The van der Waals surface area contributed by atoms with E-state index in [0.29, 0.717) is 25.7 Å². The van der Waals surface area contributed by atoms with Crippen molar-refractivity contribution in [2.45, 2.75) is 76.6 Å². The molecule has 1 aliphatic heterocycles. The van der Waals surface area contributed by atoms with Crippen LogP contribution in [0.3, 0.4) is 0 Å². The first kappa shape index (κ1) is 23.9. The number of halogens is 1. The fourth-order valence-electron chi connectivity index (χ4n) is 4.87. The quantitative estimate of drug-likeness (QED) is 0.684. The number of amides is 1. The molecule has 1 saturated carbocycles. The zero-order chi connectivity index (χ0) is 23.7. The molecule has 2 fully saturated rings. The average molecular weight is 479 g/mol. The summed E-state index contributed by atoms with van der Waals surface area (Å²) >= 11 is 1.83. The lowest BCUT2D eigenvalue weighted by Gasteiger charge is -2.32. The Kier molecular flexibility index (Phi) is 7.23. The van der Waals surface area contributed by atoms with Crippen molar-refractivity contribution in [3.8, 4) is 0 Å². The molecular weight excluding hydrogens is 447 g/mol. The van der Waals surface area contributed by atoms with Crippen molar-refractivity contribution < 1.29 is 14.3 Å². The number of hydrogen-bond donors (Lipinski definition) is 2. The normalized spacial score (nSPS) is 23.1. The number of thioether (sulfide) groups is 1. The molecule has 1 atom stereocenters. The summed E-state index contributed by atoms with van der Waals surface area (Å²) in [6.45, 7) is 3.56. The van der Waals surface area contributed by atoms with Crippen LogP contribution in [0.4, 0.5) is 4.39 Å². The zero-order valence-corrected chi connectivity index (χ0v) is 19.8. The number of fused-ring (bicyclic) bond motifs is 1. The highest BCUT2D eigenvalue weighted by molar-refractivity contribution is 7.99. The molecule has 1 saturated heterocycles.